The lowest BCUT2D eigenvalue weighted by Crippen LogP contribution is -2.38. The maximum atomic E-state index is 13.3. The first kappa shape index (κ1) is 23.9. The lowest BCUT2D eigenvalue weighted by molar-refractivity contribution is -0.116. The molecule has 182 valence electrons. The fourth-order valence-corrected chi connectivity index (χ4v) is 7.61. The predicted molar refractivity (Wildman–Crippen MR) is 138 cm³/mol. The lowest BCUT2D eigenvalue weighted by atomic mass is 9.76. The molecule has 1 atom stereocenters. The highest BCUT2D eigenvalue weighted by atomic mass is 32.2. The quantitative estimate of drug-likeness (QED) is 0.533. The molecular formula is C26H29N5O2S2. The number of nitrogens with two attached hydrogens (primary N) is 1. The van der Waals surface area contributed by atoms with Crippen LogP contribution in [0.15, 0.2) is 51.3 Å². The molecule has 35 heavy (non-hydrogen) atoms. The van der Waals surface area contributed by atoms with Crippen LogP contribution in [0.5, 0.6) is 5.75 Å². The zero-order valence-electron chi connectivity index (χ0n) is 19.8. The van der Waals surface area contributed by atoms with Crippen LogP contribution in [-0.4, -0.2) is 27.8 Å². The van der Waals surface area contributed by atoms with E-state index in [1.165, 1.54) is 43.4 Å². The summed E-state index contributed by atoms with van der Waals surface area (Å²) in [6.07, 6.45) is 8.18. The van der Waals surface area contributed by atoms with Crippen LogP contribution in [0.4, 0.5) is 5.13 Å². The van der Waals surface area contributed by atoms with Gasteiger partial charge in [0.15, 0.2) is 10.1 Å². The molecule has 1 aromatic heterocycles. The Balaban J connectivity index is 1.53. The van der Waals surface area contributed by atoms with E-state index in [1.54, 1.807) is 11.8 Å². The minimum absolute atomic E-state index is 0.0664. The Kier molecular flexibility index (Phi) is 7.12. The van der Waals surface area contributed by atoms with Gasteiger partial charge in [0, 0.05) is 22.9 Å². The van der Waals surface area contributed by atoms with Gasteiger partial charge < -0.3 is 10.5 Å². The number of rotatable bonds is 6. The van der Waals surface area contributed by atoms with E-state index in [0.717, 1.165) is 27.8 Å². The first-order chi connectivity index (χ1) is 17.1. The number of aromatic nitrogens is 2. The average Bonchev–Trinajstić information content (AvgIpc) is 3.32. The molecule has 2 aromatic rings. The molecule has 1 aliphatic heterocycles. The highest BCUT2D eigenvalue weighted by Gasteiger charge is 2.41. The minimum atomic E-state index is -0.487. The van der Waals surface area contributed by atoms with E-state index in [4.69, 9.17) is 10.5 Å². The fourth-order valence-electron chi connectivity index (χ4n) is 5.23. The maximum Gasteiger partial charge on any atom is 0.219 e. The number of hydrogen-bond donors (Lipinski definition) is 1. The Hall–Kier alpha value is -2.83. The Morgan fingerprint density at radius 2 is 1.94 bits per heavy atom. The van der Waals surface area contributed by atoms with Gasteiger partial charge in [-0.15, -0.1) is 10.2 Å². The Labute approximate surface area is 214 Å². The molecule has 7 nitrogen and oxygen atoms in total. The van der Waals surface area contributed by atoms with Crippen LogP contribution in [0.1, 0.15) is 69.8 Å². The van der Waals surface area contributed by atoms with Gasteiger partial charge in [0.1, 0.15) is 11.6 Å². The molecule has 1 unspecified atom stereocenters. The van der Waals surface area contributed by atoms with Gasteiger partial charge in [-0.1, -0.05) is 54.5 Å². The van der Waals surface area contributed by atoms with Crippen LogP contribution in [0, 0.1) is 11.3 Å². The van der Waals surface area contributed by atoms with Crippen molar-refractivity contribution < 1.29 is 9.53 Å². The first-order valence-electron chi connectivity index (χ1n) is 12.3. The van der Waals surface area contributed by atoms with Gasteiger partial charge in [0.2, 0.25) is 5.13 Å². The molecule has 0 spiro atoms. The van der Waals surface area contributed by atoms with Crippen molar-refractivity contribution in [2.45, 2.75) is 73.8 Å². The maximum absolute atomic E-state index is 13.3. The smallest absolute Gasteiger partial charge is 0.219 e. The van der Waals surface area contributed by atoms with Gasteiger partial charge in [-0.2, -0.15) is 5.26 Å². The predicted octanol–water partition coefficient (Wildman–Crippen LogP) is 5.67. The molecule has 2 heterocycles. The zero-order valence-corrected chi connectivity index (χ0v) is 21.5. The number of anilines is 1. The van der Waals surface area contributed by atoms with E-state index in [1.807, 2.05) is 36.1 Å². The van der Waals surface area contributed by atoms with E-state index in [9.17, 15) is 10.1 Å². The molecule has 0 radical (unpaired) electrons. The number of carbonyl (C=O) groups is 1. The molecule has 0 saturated heterocycles. The van der Waals surface area contributed by atoms with Crippen molar-refractivity contribution in [3.05, 3.63) is 52.5 Å². The third kappa shape index (κ3) is 4.69. The summed E-state index contributed by atoms with van der Waals surface area (Å²) in [7, 11) is 0. The first-order valence-corrected chi connectivity index (χ1v) is 14.0. The molecular weight excluding hydrogens is 478 g/mol. The minimum Gasteiger partial charge on any atom is -0.494 e. The van der Waals surface area contributed by atoms with Gasteiger partial charge in [0.05, 0.1) is 24.2 Å². The van der Waals surface area contributed by atoms with E-state index in [-0.39, 0.29) is 5.78 Å². The van der Waals surface area contributed by atoms with Crippen LogP contribution in [-0.2, 0) is 4.79 Å². The second-order valence-corrected chi connectivity index (χ2v) is 11.6. The summed E-state index contributed by atoms with van der Waals surface area (Å²) in [5.74, 6) is 0.672. The van der Waals surface area contributed by atoms with Crippen LogP contribution in [0.3, 0.4) is 0 Å². The van der Waals surface area contributed by atoms with E-state index >= 15 is 0 Å². The van der Waals surface area contributed by atoms with E-state index in [0.29, 0.717) is 46.8 Å². The van der Waals surface area contributed by atoms with Crippen LogP contribution in [0.2, 0.25) is 0 Å². The molecule has 1 saturated carbocycles. The van der Waals surface area contributed by atoms with Crippen molar-refractivity contribution in [2.24, 2.45) is 5.73 Å². The summed E-state index contributed by atoms with van der Waals surface area (Å²) in [4.78, 5) is 15.1. The van der Waals surface area contributed by atoms with Crippen molar-refractivity contribution >= 4 is 34.0 Å². The second-order valence-electron chi connectivity index (χ2n) is 9.05. The number of nitriles is 1. The van der Waals surface area contributed by atoms with E-state index in [2.05, 4.69) is 16.3 Å². The largest absolute Gasteiger partial charge is 0.494 e. The molecule has 2 aliphatic carbocycles. The summed E-state index contributed by atoms with van der Waals surface area (Å²) in [6, 6.07) is 9.92. The molecule has 0 bridgehead atoms. The Morgan fingerprint density at radius 1 is 1.17 bits per heavy atom. The van der Waals surface area contributed by atoms with Gasteiger partial charge in [-0.25, -0.2) is 0 Å². The van der Waals surface area contributed by atoms with Gasteiger partial charge in [0.25, 0.3) is 0 Å². The highest BCUT2D eigenvalue weighted by molar-refractivity contribution is 8.01. The molecule has 1 fully saturated rings. The monoisotopic (exact) mass is 507 g/mol. The number of ketones is 1. The number of benzene rings is 1. The third-order valence-electron chi connectivity index (χ3n) is 6.84. The van der Waals surface area contributed by atoms with Crippen LogP contribution >= 0.6 is 23.1 Å². The number of carbonyl (C=O) groups excluding carboxylic acids is 1. The molecule has 2 N–H and O–H groups in total. The second kappa shape index (κ2) is 10.4. The SMILES string of the molecule is CCOc1ccc(C2C(C#N)=C(N)N(c3nnc(SC4CCCCC4)s3)C3=C2C(=O)CCC3)cc1. The molecule has 0 amide bonds. The van der Waals surface area contributed by atoms with Gasteiger partial charge in [-0.05, 0) is 50.3 Å². The molecule has 9 heteroatoms. The average molecular weight is 508 g/mol. The third-order valence-corrected chi connectivity index (χ3v) is 9.17. The zero-order chi connectivity index (χ0) is 24.4. The summed E-state index contributed by atoms with van der Waals surface area (Å²) in [6.45, 7) is 2.51. The van der Waals surface area contributed by atoms with Crippen molar-refractivity contribution in [3.63, 3.8) is 0 Å². The van der Waals surface area contributed by atoms with Crippen molar-refractivity contribution in [2.75, 3.05) is 11.5 Å². The number of allylic oxidation sites excluding steroid dienone is 3. The van der Waals surface area contributed by atoms with E-state index < -0.39 is 5.92 Å². The number of hydrogen-bond acceptors (Lipinski definition) is 9. The van der Waals surface area contributed by atoms with Gasteiger partial charge >= 0.3 is 0 Å². The summed E-state index contributed by atoms with van der Waals surface area (Å²) in [5, 5.41) is 20.3. The standard InChI is InChI=1S/C26H29N5O2S2/c1-2-33-17-13-11-16(12-14-17)22-19(15-27)24(28)31(20-9-6-10-21(32)23(20)22)25-29-30-26(35-25)34-18-7-4-3-5-8-18/h11-14,18,22H,2-10,28H2,1H3. The van der Waals surface area contributed by atoms with Crippen molar-refractivity contribution in [1.29, 1.82) is 5.26 Å². The normalized spacial score (nSPS) is 21.2. The lowest BCUT2D eigenvalue weighted by Gasteiger charge is -2.38. The summed E-state index contributed by atoms with van der Waals surface area (Å²) < 4.78 is 6.49. The highest BCUT2D eigenvalue weighted by Crippen LogP contribution is 2.47. The number of ether oxygens (including phenoxy) is 1. The van der Waals surface area contributed by atoms with Crippen molar-refractivity contribution in [3.8, 4) is 11.8 Å². The molecule has 5 rings (SSSR count). The summed E-state index contributed by atoms with van der Waals surface area (Å²) in [5.41, 5.74) is 9.40. The van der Waals surface area contributed by atoms with Crippen molar-refractivity contribution in [1.82, 2.24) is 10.2 Å². The van der Waals surface area contributed by atoms with Crippen LogP contribution < -0.4 is 15.4 Å². The Bertz CT molecular complexity index is 1210. The molecule has 3 aliphatic rings. The number of Topliss-reactive ketones (excluding diaryl/α,β-unsaturated/α-hetero) is 1. The molecule has 1 aromatic carbocycles. The van der Waals surface area contributed by atoms with Crippen LogP contribution in [0.25, 0.3) is 0 Å². The Morgan fingerprint density at radius 3 is 2.66 bits per heavy atom. The summed E-state index contributed by atoms with van der Waals surface area (Å²) >= 11 is 3.28. The fraction of sp³-hybridized carbons (Fsp3) is 0.462. The topological polar surface area (TPSA) is 105 Å². The number of thioether (sulfide) groups is 1. The number of nitrogens with zero attached hydrogens (tertiary/aromatic N) is 4. The van der Waals surface area contributed by atoms with Gasteiger partial charge in [-0.3, -0.25) is 9.69 Å².